The van der Waals surface area contributed by atoms with Gasteiger partial charge in [0.05, 0.1) is 22.1 Å². The first-order chi connectivity index (χ1) is 27.7. The van der Waals surface area contributed by atoms with E-state index >= 15 is 0 Å². The van der Waals surface area contributed by atoms with Gasteiger partial charge >= 0.3 is 0 Å². The van der Waals surface area contributed by atoms with Crippen LogP contribution in [0.3, 0.4) is 0 Å². The van der Waals surface area contributed by atoms with E-state index in [0.717, 1.165) is 77.4 Å². The van der Waals surface area contributed by atoms with Gasteiger partial charge in [0.2, 0.25) is 0 Å². The molecule has 0 aliphatic heterocycles. The molecule has 5 heteroatoms. The number of rotatable bonds is 6. The van der Waals surface area contributed by atoms with Crippen LogP contribution in [0.4, 0.5) is 0 Å². The predicted molar refractivity (Wildman–Crippen MR) is 229 cm³/mol. The van der Waals surface area contributed by atoms with Crippen molar-refractivity contribution in [2.45, 2.75) is 0 Å². The number of para-hydroxylation sites is 1. The molecule has 0 saturated heterocycles. The molecule has 262 valence electrons. The van der Waals surface area contributed by atoms with Gasteiger partial charge in [0.15, 0.2) is 17.5 Å². The molecule has 0 aliphatic carbocycles. The van der Waals surface area contributed by atoms with Crippen LogP contribution in [0, 0.1) is 0 Å². The van der Waals surface area contributed by atoms with Crippen LogP contribution in [0.5, 0.6) is 0 Å². The maximum Gasteiger partial charge on any atom is 0.164 e. The van der Waals surface area contributed by atoms with E-state index in [9.17, 15) is 0 Å². The molecule has 0 spiro atoms. The first-order valence-electron chi connectivity index (χ1n) is 18.8. The lowest BCUT2D eigenvalue weighted by atomic mass is 10.0. The fourth-order valence-electron chi connectivity index (χ4n) is 7.97. The Morgan fingerprint density at radius 1 is 0.321 bits per heavy atom. The van der Waals surface area contributed by atoms with Gasteiger partial charge in [-0.2, -0.15) is 0 Å². The van der Waals surface area contributed by atoms with E-state index in [-0.39, 0.29) is 0 Å². The maximum atomic E-state index is 6.57. The summed E-state index contributed by atoms with van der Waals surface area (Å²) < 4.78 is 8.93. The van der Waals surface area contributed by atoms with E-state index in [1.54, 1.807) is 0 Å². The van der Waals surface area contributed by atoms with Crippen LogP contribution in [0.1, 0.15) is 0 Å². The number of fused-ring (bicyclic) bond motifs is 6. The second kappa shape index (κ2) is 13.0. The second-order valence-corrected chi connectivity index (χ2v) is 14.0. The highest BCUT2D eigenvalue weighted by Gasteiger charge is 2.20. The minimum Gasteiger partial charge on any atom is -0.456 e. The van der Waals surface area contributed by atoms with Gasteiger partial charge in [-0.3, -0.25) is 0 Å². The van der Waals surface area contributed by atoms with Crippen LogP contribution in [-0.2, 0) is 0 Å². The zero-order valence-electron chi connectivity index (χ0n) is 30.2. The summed E-state index contributed by atoms with van der Waals surface area (Å²) in [5.74, 6) is 1.86. The number of furan rings is 1. The summed E-state index contributed by atoms with van der Waals surface area (Å²) in [4.78, 5) is 15.2. The van der Waals surface area contributed by atoms with Gasteiger partial charge in [-0.05, 0) is 58.7 Å². The molecule has 11 rings (SSSR count). The van der Waals surface area contributed by atoms with Crippen molar-refractivity contribution in [1.82, 2.24) is 19.5 Å². The third kappa shape index (κ3) is 5.37. The topological polar surface area (TPSA) is 56.7 Å². The van der Waals surface area contributed by atoms with Crippen LogP contribution >= 0.6 is 0 Å². The Kier molecular flexibility index (Phi) is 7.42. The number of aromatic nitrogens is 4. The number of nitrogens with zero attached hydrogens (tertiary/aromatic N) is 4. The summed E-state index contributed by atoms with van der Waals surface area (Å²) in [6.07, 6.45) is 0. The summed E-state index contributed by atoms with van der Waals surface area (Å²) in [7, 11) is 0. The van der Waals surface area contributed by atoms with E-state index in [0.29, 0.717) is 17.5 Å². The zero-order chi connectivity index (χ0) is 37.0. The molecular formula is C51H32N4O. The van der Waals surface area contributed by atoms with Gasteiger partial charge < -0.3 is 8.98 Å². The Balaban J connectivity index is 1.10. The van der Waals surface area contributed by atoms with Crippen molar-refractivity contribution in [1.29, 1.82) is 0 Å². The minimum atomic E-state index is 0.611. The van der Waals surface area contributed by atoms with Crippen LogP contribution in [0.15, 0.2) is 199 Å². The van der Waals surface area contributed by atoms with Crippen molar-refractivity contribution in [2.75, 3.05) is 0 Å². The normalized spacial score (nSPS) is 11.6. The molecule has 0 atom stereocenters. The molecule has 5 nitrogen and oxygen atoms in total. The van der Waals surface area contributed by atoms with Crippen molar-refractivity contribution >= 4 is 43.7 Å². The second-order valence-electron chi connectivity index (χ2n) is 14.0. The average molecular weight is 717 g/mol. The van der Waals surface area contributed by atoms with Gasteiger partial charge in [0, 0.05) is 32.8 Å². The van der Waals surface area contributed by atoms with Crippen LogP contribution in [0.25, 0.3) is 106 Å². The third-order valence-corrected chi connectivity index (χ3v) is 10.7. The molecule has 8 aromatic carbocycles. The Labute approximate surface area is 322 Å². The summed E-state index contributed by atoms with van der Waals surface area (Å²) in [6, 6.07) is 67.4. The molecule has 0 saturated carbocycles. The van der Waals surface area contributed by atoms with Gasteiger partial charge in [-0.15, -0.1) is 0 Å². The Morgan fingerprint density at radius 3 is 1.54 bits per heavy atom. The molecule has 3 heterocycles. The first kappa shape index (κ1) is 31.9. The number of benzene rings is 8. The van der Waals surface area contributed by atoms with Crippen molar-refractivity contribution in [3.63, 3.8) is 0 Å². The van der Waals surface area contributed by atoms with Crippen LogP contribution in [-0.4, -0.2) is 19.5 Å². The maximum absolute atomic E-state index is 6.57. The van der Waals surface area contributed by atoms with Crippen LogP contribution < -0.4 is 0 Å². The van der Waals surface area contributed by atoms with E-state index < -0.39 is 0 Å². The molecular weight excluding hydrogens is 685 g/mol. The molecule has 0 fully saturated rings. The highest BCUT2D eigenvalue weighted by Crippen LogP contribution is 2.40. The molecule has 0 radical (unpaired) electrons. The minimum absolute atomic E-state index is 0.611. The largest absolute Gasteiger partial charge is 0.456 e. The fraction of sp³-hybridized carbons (Fsp3) is 0. The monoisotopic (exact) mass is 716 g/mol. The molecule has 0 N–H and O–H groups in total. The molecule has 11 aromatic rings. The fourth-order valence-corrected chi connectivity index (χ4v) is 7.97. The quantitative estimate of drug-likeness (QED) is 0.172. The highest BCUT2D eigenvalue weighted by molar-refractivity contribution is 6.15. The van der Waals surface area contributed by atoms with Crippen molar-refractivity contribution < 1.29 is 4.42 Å². The lowest BCUT2D eigenvalue weighted by molar-refractivity contribution is 0.669. The van der Waals surface area contributed by atoms with Crippen LogP contribution in [0.2, 0.25) is 0 Å². The van der Waals surface area contributed by atoms with E-state index in [1.165, 1.54) is 10.9 Å². The van der Waals surface area contributed by atoms with Gasteiger partial charge in [-0.25, -0.2) is 15.0 Å². The number of hydrogen-bond donors (Lipinski definition) is 0. The predicted octanol–water partition coefficient (Wildman–Crippen LogP) is 13.2. The molecule has 0 amide bonds. The van der Waals surface area contributed by atoms with Gasteiger partial charge in [0.1, 0.15) is 11.2 Å². The van der Waals surface area contributed by atoms with Crippen molar-refractivity contribution in [2.24, 2.45) is 0 Å². The first-order valence-corrected chi connectivity index (χ1v) is 18.8. The molecule has 56 heavy (non-hydrogen) atoms. The Bertz CT molecular complexity index is 3220. The lowest BCUT2D eigenvalue weighted by Gasteiger charge is -2.11. The standard InChI is InChI=1S/C51H32N4O/c1-4-13-33(14-5-1)35-23-25-37(26-24-35)50-52-49(36-17-8-3-9-18-36)53-51(54-50)39-28-29-41-40-19-10-11-20-43(40)55(45(41)31-39)44-21-12-22-46-48(44)42-30-27-38(32-47(42)56-46)34-15-6-2-7-16-34/h1-32H. The summed E-state index contributed by atoms with van der Waals surface area (Å²) in [5.41, 5.74) is 12.3. The zero-order valence-corrected chi connectivity index (χ0v) is 30.2. The lowest BCUT2D eigenvalue weighted by Crippen LogP contribution is -2.00. The summed E-state index contributed by atoms with van der Waals surface area (Å²) >= 11 is 0. The number of hydrogen-bond acceptors (Lipinski definition) is 4. The smallest absolute Gasteiger partial charge is 0.164 e. The average Bonchev–Trinajstić information content (AvgIpc) is 3.82. The van der Waals surface area contributed by atoms with Gasteiger partial charge in [-0.1, -0.05) is 158 Å². The van der Waals surface area contributed by atoms with E-state index in [2.05, 4.69) is 156 Å². The van der Waals surface area contributed by atoms with Crippen molar-refractivity contribution in [3.05, 3.63) is 194 Å². The summed E-state index contributed by atoms with van der Waals surface area (Å²) in [5, 5.41) is 4.47. The molecule has 0 unspecified atom stereocenters. The molecule has 3 aromatic heterocycles. The SMILES string of the molecule is c1ccc(-c2ccc(-c3nc(-c4ccccc4)nc(-c4ccc5c6ccccc6n(-c6cccc7oc8cc(-c9ccccc9)ccc8c67)c5c4)n3)cc2)cc1. The van der Waals surface area contributed by atoms with E-state index in [1.807, 2.05) is 42.5 Å². The Hall–Kier alpha value is -7.63. The Morgan fingerprint density at radius 2 is 0.821 bits per heavy atom. The van der Waals surface area contributed by atoms with E-state index in [4.69, 9.17) is 19.4 Å². The third-order valence-electron chi connectivity index (χ3n) is 10.7. The summed E-state index contributed by atoms with van der Waals surface area (Å²) in [6.45, 7) is 0. The molecule has 0 bridgehead atoms. The highest BCUT2D eigenvalue weighted by atomic mass is 16.3. The molecule has 0 aliphatic rings. The van der Waals surface area contributed by atoms with Gasteiger partial charge in [0.25, 0.3) is 0 Å². The van der Waals surface area contributed by atoms with Crippen molar-refractivity contribution in [3.8, 4) is 62.1 Å².